The van der Waals surface area contributed by atoms with E-state index in [0.29, 0.717) is 24.9 Å². The van der Waals surface area contributed by atoms with Crippen LogP contribution in [0.3, 0.4) is 0 Å². The van der Waals surface area contributed by atoms with Crippen molar-refractivity contribution < 1.29 is 14.3 Å². The lowest BCUT2D eigenvalue weighted by Gasteiger charge is -2.36. The Hall–Kier alpha value is -2.15. The highest BCUT2D eigenvalue weighted by molar-refractivity contribution is 5.87. The molecule has 28 heavy (non-hydrogen) atoms. The molecule has 0 N–H and O–H groups in total. The van der Waals surface area contributed by atoms with Crippen molar-refractivity contribution in [3.8, 4) is 5.88 Å². The third-order valence-corrected chi connectivity index (χ3v) is 6.31. The number of nitrogens with zero attached hydrogens (tertiary/aromatic N) is 4. The van der Waals surface area contributed by atoms with Gasteiger partial charge in [0.1, 0.15) is 12.1 Å². The summed E-state index contributed by atoms with van der Waals surface area (Å²) in [5, 5.41) is 0. The van der Waals surface area contributed by atoms with Crippen molar-refractivity contribution in [3.63, 3.8) is 0 Å². The summed E-state index contributed by atoms with van der Waals surface area (Å²) in [6.45, 7) is 5.51. The van der Waals surface area contributed by atoms with Gasteiger partial charge in [-0.2, -0.15) is 0 Å². The van der Waals surface area contributed by atoms with Gasteiger partial charge in [-0.25, -0.2) is 4.98 Å². The normalized spacial score (nSPS) is 26.6. The largest absolute Gasteiger partial charge is 0.472 e. The van der Waals surface area contributed by atoms with Crippen LogP contribution in [0.15, 0.2) is 24.4 Å². The first-order valence-electron chi connectivity index (χ1n) is 10.5. The lowest BCUT2D eigenvalue weighted by atomic mass is 9.91. The maximum atomic E-state index is 13.3. The summed E-state index contributed by atoms with van der Waals surface area (Å²) in [6.07, 6.45) is 6.92. The van der Waals surface area contributed by atoms with Crippen LogP contribution < -0.4 is 4.74 Å². The average Bonchev–Trinajstić information content (AvgIpc) is 2.92. The molecule has 3 heterocycles. The number of hydrogen-bond donors (Lipinski definition) is 0. The Balaban J connectivity index is 1.39. The van der Waals surface area contributed by atoms with Gasteiger partial charge in [0.15, 0.2) is 0 Å². The summed E-state index contributed by atoms with van der Waals surface area (Å²) >= 11 is 0. The van der Waals surface area contributed by atoms with Gasteiger partial charge in [0.25, 0.3) is 0 Å². The van der Waals surface area contributed by atoms with E-state index in [0.717, 1.165) is 32.6 Å². The van der Waals surface area contributed by atoms with Gasteiger partial charge in [-0.15, -0.1) is 0 Å². The summed E-state index contributed by atoms with van der Waals surface area (Å²) in [5.41, 5.74) is 0. The molecule has 3 fully saturated rings. The molecule has 1 aromatic rings. The minimum absolute atomic E-state index is 0.0674. The zero-order valence-electron chi connectivity index (χ0n) is 16.6. The van der Waals surface area contributed by atoms with E-state index in [1.165, 1.54) is 26.2 Å². The van der Waals surface area contributed by atoms with Crippen LogP contribution in [-0.2, 0) is 9.59 Å². The highest BCUT2D eigenvalue weighted by Gasteiger charge is 2.42. The number of carbonyl (C=O) groups is 2. The second kappa shape index (κ2) is 8.47. The number of hydrogen-bond acceptors (Lipinski definition) is 5. The fraction of sp³-hybridized carbons (Fsp3) is 0.667. The minimum Gasteiger partial charge on any atom is -0.472 e. The quantitative estimate of drug-likeness (QED) is 0.785. The maximum Gasteiger partial charge on any atom is 0.245 e. The molecule has 3 aliphatic rings. The molecule has 1 saturated carbocycles. The van der Waals surface area contributed by atoms with E-state index in [-0.39, 0.29) is 17.9 Å². The molecular weight excluding hydrogens is 356 g/mol. The predicted molar refractivity (Wildman–Crippen MR) is 105 cm³/mol. The van der Waals surface area contributed by atoms with Gasteiger partial charge in [-0.1, -0.05) is 12.5 Å². The van der Waals surface area contributed by atoms with E-state index in [9.17, 15) is 9.59 Å². The minimum atomic E-state index is -0.429. The second-order valence-electron chi connectivity index (χ2n) is 8.13. The highest BCUT2D eigenvalue weighted by atomic mass is 16.5. The number of pyridine rings is 1. The third-order valence-electron chi connectivity index (χ3n) is 6.31. The van der Waals surface area contributed by atoms with Crippen LogP contribution in [-0.4, -0.2) is 82.4 Å². The fourth-order valence-corrected chi connectivity index (χ4v) is 4.54. The molecule has 7 heteroatoms. The molecule has 0 bridgehead atoms. The molecule has 0 radical (unpaired) electrons. The average molecular weight is 386 g/mol. The van der Waals surface area contributed by atoms with Crippen LogP contribution in [0.4, 0.5) is 0 Å². The SMILES string of the molecule is CC(=O)N1C[C@@H](Oc2ccccn2)C[C@@H]1C(=O)N1CCCN(C2CCC2)CC1. The lowest BCUT2D eigenvalue weighted by Crippen LogP contribution is -2.48. The first kappa shape index (κ1) is 19.2. The van der Waals surface area contributed by atoms with Crippen molar-refractivity contribution in [3.05, 3.63) is 24.4 Å². The van der Waals surface area contributed by atoms with Gasteiger partial charge in [0.2, 0.25) is 17.7 Å². The van der Waals surface area contributed by atoms with E-state index < -0.39 is 6.04 Å². The molecule has 2 amide bonds. The molecule has 2 atom stereocenters. The van der Waals surface area contributed by atoms with Crippen molar-refractivity contribution in [2.45, 2.75) is 57.2 Å². The number of amides is 2. The van der Waals surface area contributed by atoms with Gasteiger partial charge in [0.05, 0.1) is 6.54 Å². The third kappa shape index (κ3) is 4.14. The Morgan fingerprint density at radius 2 is 1.96 bits per heavy atom. The number of aromatic nitrogens is 1. The van der Waals surface area contributed by atoms with Gasteiger partial charge in [0, 0.05) is 57.8 Å². The predicted octanol–water partition coefficient (Wildman–Crippen LogP) is 1.54. The number of rotatable bonds is 4. The standard InChI is InChI=1S/C21H30N4O3/c1-16(26)25-15-18(28-20-8-2-3-9-22-20)14-19(25)21(27)24-11-5-10-23(12-13-24)17-6-4-7-17/h2-3,8-9,17-19H,4-7,10-15H2,1H3/t18-,19+/m0/s1. The van der Waals surface area contributed by atoms with E-state index >= 15 is 0 Å². The highest BCUT2D eigenvalue weighted by Crippen LogP contribution is 2.27. The van der Waals surface area contributed by atoms with Crippen LogP contribution in [0.2, 0.25) is 0 Å². The van der Waals surface area contributed by atoms with E-state index in [2.05, 4.69) is 9.88 Å². The summed E-state index contributed by atoms with van der Waals surface area (Å²) in [6, 6.07) is 5.79. The van der Waals surface area contributed by atoms with Crippen LogP contribution >= 0.6 is 0 Å². The smallest absolute Gasteiger partial charge is 0.245 e. The van der Waals surface area contributed by atoms with E-state index in [1.807, 2.05) is 17.0 Å². The van der Waals surface area contributed by atoms with Crippen molar-refractivity contribution in [2.24, 2.45) is 0 Å². The second-order valence-corrected chi connectivity index (χ2v) is 8.13. The van der Waals surface area contributed by atoms with E-state index in [4.69, 9.17) is 4.74 Å². The van der Waals surface area contributed by atoms with Crippen LogP contribution in [0, 0.1) is 0 Å². The lowest BCUT2D eigenvalue weighted by molar-refractivity contribution is -0.142. The van der Waals surface area contributed by atoms with Crippen LogP contribution in [0.1, 0.15) is 39.0 Å². The summed E-state index contributed by atoms with van der Waals surface area (Å²) in [7, 11) is 0. The van der Waals surface area contributed by atoms with Crippen molar-refractivity contribution in [1.82, 2.24) is 19.7 Å². The molecular formula is C21H30N4O3. The molecule has 1 aliphatic carbocycles. The molecule has 2 saturated heterocycles. The van der Waals surface area contributed by atoms with Crippen LogP contribution in [0.5, 0.6) is 5.88 Å². The van der Waals surface area contributed by atoms with Crippen molar-refractivity contribution >= 4 is 11.8 Å². The number of likely N-dealkylation sites (tertiary alicyclic amines) is 1. The van der Waals surface area contributed by atoms with Crippen molar-refractivity contribution in [1.29, 1.82) is 0 Å². The molecule has 0 aromatic carbocycles. The molecule has 0 spiro atoms. The zero-order valence-corrected chi connectivity index (χ0v) is 16.6. The first-order valence-corrected chi connectivity index (χ1v) is 10.5. The van der Waals surface area contributed by atoms with Crippen molar-refractivity contribution in [2.75, 3.05) is 32.7 Å². The van der Waals surface area contributed by atoms with Gasteiger partial charge in [-0.05, 0) is 25.3 Å². The molecule has 1 aromatic heterocycles. The number of carbonyl (C=O) groups excluding carboxylic acids is 2. The zero-order chi connectivity index (χ0) is 19.5. The fourth-order valence-electron chi connectivity index (χ4n) is 4.54. The Bertz CT molecular complexity index is 694. The summed E-state index contributed by atoms with van der Waals surface area (Å²) < 4.78 is 5.93. The van der Waals surface area contributed by atoms with Gasteiger partial charge < -0.3 is 14.5 Å². The van der Waals surface area contributed by atoms with E-state index in [1.54, 1.807) is 17.2 Å². The summed E-state index contributed by atoms with van der Waals surface area (Å²) in [4.78, 5) is 35.8. The Morgan fingerprint density at radius 3 is 2.64 bits per heavy atom. The molecule has 4 rings (SSSR count). The monoisotopic (exact) mass is 386 g/mol. The first-order chi connectivity index (χ1) is 13.6. The molecule has 2 aliphatic heterocycles. The maximum absolute atomic E-state index is 13.3. The molecule has 7 nitrogen and oxygen atoms in total. The van der Waals surface area contributed by atoms with Crippen LogP contribution in [0.25, 0.3) is 0 Å². The molecule has 152 valence electrons. The molecule has 0 unspecified atom stereocenters. The van der Waals surface area contributed by atoms with Gasteiger partial charge in [-0.3, -0.25) is 14.5 Å². The topological polar surface area (TPSA) is 66.0 Å². The number of ether oxygens (including phenoxy) is 1. The van der Waals surface area contributed by atoms with Gasteiger partial charge >= 0.3 is 0 Å². The summed E-state index contributed by atoms with van der Waals surface area (Å²) in [5.74, 6) is 0.532. The Kier molecular flexibility index (Phi) is 5.80. The Labute approximate surface area is 166 Å². The Morgan fingerprint density at radius 1 is 1.11 bits per heavy atom.